The number of nitrogens with zero attached hydrogens (tertiary/aromatic N) is 1. The number of rotatable bonds is 6. The van der Waals surface area contributed by atoms with Crippen LogP contribution < -0.4 is 0 Å². The van der Waals surface area contributed by atoms with E-state index in [4.69, 9.17) is 8.74 Å². The quantitative estimate of drug-likeness (QED) is 0.451. The summed E-state index contributed by atoms with van der Waals surface area (Å²) in [6.07, 6.45) is 1.62. The lowest BCUT2D eigenvalue weighted by Crippen LogP contribution is -2.05. The van der Waals surface area contributed by atoms with Crippen molar-refractivity contribution in [2.24, 2.45) is 0 Å². The third kappa shape index (κ3) is 7.98. The van der Waals surface area contributed by atoms with Crippen molar-refractivity contribution < 1.29 is 17.2 Å². The lowest BCUT2D eigenvalue weighted by atomic mass is 10.3. The molecule has 0 saturated carbocycles. The van der Waals surface area contributed by atoms with Crippen molar-refractivity contribution in [1.82, 2.24) is 4.98 Å². The van der Waals surface area contributed by atoms with E-state index in [1.54, 1.807) is 33.9 Å². The number of thiophene rings is 1. The molecule has 1 N–H and O–H groups in total. The van der Waals surface area contributed by atoms with E-state index in [0.717, 1.165) is 26.1 Å². The Hall–Kier alpha value is -1.23. The average molecular weight is 431 g/mol. The summed E-state index contributed by atoms with van der Waals surface area (Å²) in [4.78, 5) is 6.70. The molecule has 0 radical (unpaired) electrons. The van der Waals surface area contributed by atoms with Gasteiger partial charge in [-0.1, -0.05) is 30.0 Å². The molecule has 0 amide bonds. The zero-order valence-electron chi connectivity index (χ0n) is 14.4. The Morgan fingerprint density at radius 2 is 1.85 bits per heavy atom. The second-order valence-corrected chi connectivity index (χ2v) is 10.5. The van der Waals surface area contributed by atoms with Gasteiger partial charge in [0.1, 0.15) is 10.8 Å². The molecule has 3 rings (SSSR count). The van der Waals surface area contributed by atoms with Gasteiger partial charge in [0.05, 0.1) is 18.6 Å². The monoisotopic (exact) mass is 430 g/mol. The van der Waals surface area contributed by atoms with E-state index in [9.17, 15) is 8.42 Å². The van der Waals surface area contributed by atoms with Gasteiger partial charge in [-0.3, -0.25) is 4.18 Å². The van der Waals surface area contributed by atoms with Crippen LogP contribution in [0.2, 0.25) is 0 Å². The lowest BCUT2D eigenvalue weighted by Gasteiger charge is -1.99. The second-order valence-electron chi connectivity index (χ2n) is 5.18. The Bertz CT molecular complexity index is 890. The van der Waals surface area contributed by atoms with Crippen molar-refractivity contribution in [2.75, 3.05) is 12.9 Å². The van der Waals surface area contributed by atoms with Gasteiger partial charge in [0.15, 0.2) is 15.1 Å². The summed E-state index contributed by atoms with van der Waals surface area (Å²) in [6.45, 7) is 2.10. The fraction of sp³-hybridized carbons (Fsp3) is 0.235. The fourth-order valence-corrected chi connectivity index (χ4v) is 5.04. The van der Waals surface area contributed by atoms with Crippen molar-refractivity contribution in [2.45, 2.75) is 22.6 Å². The molecule has 2 aromatic heterocycles. The third-order valence-electron chi connectivity index (χ3n) is 3.00. The van der Waals surface area contributed by atoms with E-state index in [2.05, 4.69) is 4.98 Å². The summed E-state index contributed by atoms with van der Waals surface area (Å²) in [5, 5.41) is 3.50. The summed E-state index contributed by atoms with van der Waals surface area (Å²) in [6, 6.07) is 13.7. The minimum Gasteiger partial charge on any atom is -0.270 e. The number of aromatic nitrogens is 1. The highest BCUT2D eigenvalue weighted by Crippen LogP contribution is 2.32. The Morgan fingerprint density at radius 3 is 2.38 bits per heavy atom. The largest absolute Gasteiger partial charge is 0.270 e. The summed E-state index contributed by atoms with van der Waals surface area (Å²) < 4.78 is 36.1. The highest BCUT2D eigenvalue weighted by molar-refractivity contribution is 8.01. The predicted molar refractivity (Wildman–Crippen MR) is 108 cm³/mol. The lowest BCUT2D eigenvalue weighted by molar-refractivity contribution is 0.326. The van der Waals surface area contributed by atoms with Gasteiger partial charge in [-0.15, -0.1) is 11.3 Å². The fourth-order valence-electron chi connectivity index (χ4n) is 1.85. The van der Waals surface area contributed by atoms with Crippen LogP contribution in [0.4, 0.5) is 0 Å². The van der Waals surface area contributed by atoms with Crippen LogP contribution in [-0.4, -0.2) is 30.8 Å². The number of benzene rings is 1. The minimum absolute atomic E-state index is 0.164. The highest BCUT2D eigenvalue weighted by atomic mass is 32.2. The second kappa shape index (κ2) is 10.2. The van der Waals surface area contributed by atoms with E-state index < -0.39 is 20.9 Å². The first-order chi connectivity index (χ1) is 12.3. The Labute approximate surface area is 165 Å². The first-order valence-electron chi connectivity index (χ1n) is 7.63. The maximum absolute atomic E-state index is 10.9. The van der Waals surface area contributed by atoms with Gasteiger partial charge in [0.25, 0.3) is 10.1 Å². The summed E-state index contributed by atoms with van der Waals surface area (Å²) in [5.74, 6) is 0. The number of hydrogen-bond donors (Lipinski definition) is 1. The highest BCUT2D eigenvalue weighted by Gasteiger charge is 2.10. The Balaban J connectivity index is 0.000000342. The van der Waals surface area contributed by atoms with Crippen molar-refractivity contribution in [1.29, 1.82) is 0 Å². The van der Waals surface area contributed by atoms with Crippen LogP contribution in [0.5, 0.6) is 0 Å². The first-order valence-corrected chi connectivity index (χ1v) is 12.4. The van der Waals surface area contributed by atoms with Gasteiger partial charge in [0.2, 0.25) is 0 Å². The molecule has 0 atom stereocenters. The zero-order valence-corrected chi connectivity index (χ0v) is 17.6. The minimum atomic E-state index is -3.37. The van der Waals surface area contributed by atoms with Crippen molar-refractivity contribution in [3.8, 4) is 0 Å². The van der Waals surface area contributed by atoms with E-state index >= 15 is 0 Å². The van der Waals surface area contributed by atoms with Gasteiger partial charge < -0.3 is 0 Å². The molecule has 0 fully saturated rings. The first kappa shape index (κ1) is 21.1. The predicted octanol–water partition coefficient (Wildman–Crippen LogP) is 4.69. The van der Waals surface area contributed by atoms with Crippen LogP contribution in [0, 0.1) is 6.92 Å². The molecule has 0 bridgehead atoms. The number of thiazole rings is 1. The van der Waals surface area contributed by atoms with Gasteiger partial charge >= 0.3 is 0 Å². The molecule has 2 heterocycles. The molecule has 5 nitrogen and oxygen atoms in total. The third-order valence-corrected chi connectivity index (χ3v) is 6.75. The molecule has 26 heavy (non-hydrogen) atoms. The smallest absolute Gasteiger partial charge is 0.264 e. The van der Waals surface area contributed by atoms with Crippen LogP contribution in [-0.2, 0) is 20.7 Å². The molecule has 0 aliphatic rings. The van der Waals surface area contributed by atoms with E-state index in [-0.39, 0.29) is 6.61 Å². The topological polar surface area (TPSA) is 76.5 Å². The molecule has 0 aliphatic carbocycles. The van der Waals surface area contributed by atoms with Crippen LogP contribution in [0.25, 0.3) is 0 Å². The maximum atomic E-state index is 10.9. The standard InChI is InChI=1S/C13H15NO3S3.C4H5OS/c1-10-12(8-9-17-20(2,15)16)19-13(14-10)18-11-6-4-3-5-7-11;5-6-3-1-2-4-6/h3-7H,8-9H2,1-2H3;1-5H/q;+1. The molecular formula is C17H20NO4S4+. The number of hydrogen-bond acceptors (Lipinski definition) is 7. The average Bonchev–Trinajstić information content (AvgIpc) is 3.17. The molecule has 0 saturated heterocycles. The Morgan fingerprint density at radius 1 is 1.19 bits per heavy atom. The summed E-state index contributed by atoms with van der Waals surface area (Å²) in [5.41, 5.74) is 0.936. The van der Waals surface area contributed by atoms with E-state index in [1.165, 1.54) is 0 Å². The zero-order chi connectivity index (χ0) is 19.0. The molecule has 0 aliphatic heterocycles. The number of aryl methyl sites for hydroxylation is 1. The van der Waals surface area contributed by atoms with Gasteiger partial charge in [-0.2, -0.15) is 13.0 Å². The molecular weight excluding hydrogens is 410 g/mol. The Kier molecular flexibility index (Phi) is 8.26. The summed E-state index contributed by atoms with van der Waals surface area (Å²) in [7, 11) is -3.90. The summed E-state index contributed by atoms with van der Waals surface area (Å²) >= 11 is 3.19. The van der Waals surface area contributed by atoms with Crippen molar-refractivity contribution in [3.05, 3.63) is 63.8 Å². The molecule has 3 aromatic rings. The van der Waals surface area contributed by atoms with E-state index in [1.807, 2.05) is 49.4 Å². The normalized spacial score (nSPS) is 11.0. The van der Waals surface area contributed by atoms with Crippen molar-refractivity contribution >= 4 is 44.0 Å². The van der Waals surface area contributed by atoms with Gasteiger partial charge in [-0.25, -0.2) is 4.98 Å². The molecule has 140 valence electrons. The molecule has 0 spiro atoms. The SMILES string of the molecule is Cc1nc(Sc2ccccc2)sc1CCOS(C)(=O)=O.O[s+]1cccc1. The van der Waals surface area contributed by atoms with Gasteiger partial charge in [-0.05, 0) is 31.2 Å². The van der Waals surface area contributed by atoms with Crippen LogP contribution in [0.3, 0.4) is 0 Å². The molecule has 1 aromatic carbocycles. The van der Waals surface area contributed by atoms with Gasteiger partial charge in [0, 0.05) is 16.2 Å². The van der Waals surface area contributed by atoms with Crippen LogP contribution in [0.1, 0.15) is 10.6 Å². The van der Waals surface area contributed by atoms with Crippen LogP contribution in [0.15, 0.2) is 62.5 Å². The van der Waals surface area contributed by atoms with Crippen LogP contribution >= 0.6 is 33.8 Å². The molecule has 0 unspecified atom stereocenters. The molecule has 9 heteroatoms. The van der Waals surface area contributed by atoms with Crippen molar-refractivity contribution in [3.63, 3.8) is 0 Å². The maximum Gasteiger partial charge on any atom is 0.264 e. The van der Waals surface area contributed by atoms with E-state index in [0.29, 0.717) is 6.42 Å².